The minimum atomic E-state index is -1.09. The van der Waals surface area contributed by atoms with Crippen LogP contribution < -0.4 is 0 Å². The lowest BCUT2D eigenvalue weighted by Gasteiger charge is -2.27. The number of nitrogens with zero attached hydrogens (tertiary/aromatic N) is 3. The number of aliphatic carboxylic acids is 1. The van der Waals surface area contributed by atoms with Gasteiger partial charge in [0.1, 0.15) is 5.01 Å². The standard InChI is InChI=1S/C13H15N3O4S/c1-13(2,11-14-3-4-21-11)12(19)16-5-7-8(6-16)20-15-9(7)10(17)18/h3-4,7-8H,5-6H2,1-2H3,(H,17,18)/t7-,8+/m1/s1. The second-order valence-corrected chi connectivity index (χ2v) is 6.60. The number of oxime groups is 1. The highest BCUT2D eigenvalue weighted by molar-refractivity contribution is 7.09. The molecule has 0 saturated carbocycles. The van der Waals surface area contributed by atoms with Gasteiger partial charge >= 0.3 is 5.97 Å². The van der Waals surface area contributed by atoms with Crippen LogP contribution in [-0.4, -0.2) is 51.8 Å². The Bertz CT molecular complexity index is 611. The Morgan fingerprint density at radius 2 is 2.24 bits per heavy atom. The minimum absolute atomic E-state index is 0.00218. The zero-order valence-electron chi connectivity index (χ0n) is 11.6. The van der Waals surface area contributed by atoms with Gasteiger partial charge in [0.2, 0.25) is 5.91 Å². The van der Waals surface area contributed by atoms with Crippen molar-refractivity contribution in [1.82, 2.24) is 9.88 Å². The maximum absolute atomic E-state index is 12.7. The zero-order valence-corrected chi connectivity index (χ0v) is 12.5. The lowest BCUT2D eigenvalue weighted by Crippen LogP contribution is -2.43. The SMILES string of the molecule is CC(C)(C(=O)N1C[C@@H]2ON=C(C(=O)O)[C@@H]2C1)c1nccs1. The third-order valence-corrected chi connectivity index (χ3v) is 5.01. The third-order valence-electron chi connectivity index (χ3n) is 3.91. The second kappa shape index (κ2) is 4.80. The first kappa shape index (κ1) is 14.0. The van der Waals surface area contributed by atoms with Crippen molar-refractivity contribution in [3.8, 4) is 0 Å². The van der Waals surface area contributed by atoms with Crippen LogP contribution in [0, 0.1) is 5.92 Å². The van der Waals surface area contributed by atoms with E-state index in [1.165, 1.54) is 11.3 Å². The molecule has 0 unspecified atom stereocenters. The summed E-state index contributed by atoms with van der Waals surface area (Å²) in [4.78, 5) is 34.8. The fraction of sp³-hybridized carbons (Fsp3) is 0.538. The van der Waals surface area contributed by atoms with Crippen molar-refractivity contribution in [2.75, 3.05) is 13.1 Å². The number of hydrogen-bond donors (Lipinski definition) is 1. The number of rotatable bonds is 3. The fourth-order valence-electron chi connectivity index (χ4n) is 2.72. The van der Waals surface area contributed by atoms with Crippen molar-refractivity contribution in [3.63, 3.8) is 0 Å². The lowest BCUT2D eigenvalue weighted by atomic mass is 9.92. The topological polar surface area (TPSA) is 92.1 Å². The summed E-state index contributed by atoms with van der Waals surface area (Å²) in [5, 5.41) is 15.2. The largest absolute Gasteiger partial charge is 0.477 e. The van der Waals surface area contributed by atoms with E-state index in [-0.39, 0.29) is 23.6 Å². The predicted molar refractivity (Wildman–Crippen MR) is 75.2 cm³/mol. The average molecular weight is 309 g/mol. The van der Waals surface area contributed by atoms with Gasteiger partial charge in [0, 0.05) is 18.1 Å². The Hall–Kier alpha value is -1.96. The van der Waals surface area contributed by atoms with Crippen LogP contribution >= 0.6 is 11.3 Å². The van der Waals surface area contributed by atoms with Crippen LogP contribution in [0.4, 0.5) is 0 Å². The van der Waals surface area contributed by atoms with E-state index in [0.29, 0.717) is 13.1 Å². The Morgan fingerprint density at radius 3 is 2.86 bits per heavy atom. The predicted octanol–water partition coefficient (Wildman–Crippen LogP) is 0.719. The maximum Gasteiger partial charge on any atom is 0.354 e. The smallest absolute Gasteiger partial charge is 0.354 e. The Kier molecular flexibility index (Phi) is 3.20. The maximum atomic E-state index is 12.7. The number of carbonyl (C=O) groups excluding carboxylic acids is 1. The van der Waals surface area contributed by atoms with Gasteiger partial charge in [-0.05, 0) is 13.8 Å². The summed E-state index contributed by atoms with van der Waals surface area (Å²) in [6.07, 6.45) is 1.32. The van der Waals surface area contributed by atoms with Gasteiger partial charge < -0.3 is 14.8 Å². The van der Waals surface area contributed by atoms with E-state index in [1.807, 2.05) is 19.2 Å². The lowest BCUT2D eigenvalue weighted by molar-refractivity contribution is -0.136. The first-order valence-electron chi connectivity index (χ1n) is 6.57. The first-order chi connectivity index (χ1) is 9.91. The molecule has 1 aromatic heterocycles. The monoisotopic (exact) mass is 309 g/mol. The van der Waals surface area contributed by atoms with Crippen LogP contribution in [-0.2, 0) is 19.8 Å². The van der Waals surface area contributed by atoms with E-state index in [0.717, 1.165) is 5.01 Å². The normalized spacial score (nSPS) is 24.5. The Balaban J connectivity index is 1.77. The molecule has 1 amide bonds. The molecule has 21 heavy (non-hydrogen) atoms. The molecule has 112 valence electrons. The molecule has 1 N–H and O–H groups in total. The van der Waals surface area contributed by atoms with Crippen molar-refractivity contribution < 1.29 is 19.5 Å². The van der Waals surface area contributed by atoms with Crippen molar-refractivity contribution in [2.24, 2.45) is 11.1 Å². The number of carbonyl (C=O) groups is 2. The molecular formula is C13H15N3O4S. The highest BCUT2D eigenvalue weighted by Gasteiger charge is 2.49. The van der Waals surface area contributed by atoms with Gasteiger partial charge in [0.05, 0.1) is 17.9 Å². The summed E-state index contributed by atoms with van der Waals surface area (Å²) in [6.45, 7) is 4.34. The molecule has 8 heteroatoms. The number of carboxylic acid groups (broad SMARTS) is 1. The molecule has 0 aromatic carbocycles. The van der Waals surface area contributed by atoms with Gasteiger partial charge in [-0.15, -0.1) is 11.3 Å². The number of amides is 1. The van der Waals surface area contributed by atoms with Gasteiger partial charge in [-0.25, -0.2) is 9.78 Å². The first-order valence-corrected chi connectivity index (χ1v) is 7.45. The van der Waals surface area contributed by atoms with E-state index < -0.39 is 11.4 Å². The van der Waals surface area contributed by atoms with Gasteiger partial charge in [-0.2, -0.15) is 0 Å². The third kappa shape index (κ3) is 2.19. The summed E-state index contributed by atoms with van der Waals surface area (Å²) in [7, 11) is 0. The molecule has 7 nitrogen and oxygen atoms in total. The zero-order chi connectivity index (χ0) is 15.2. The summed E-state index contributed by atoms with van der Waals surface area (Å²) in [5.41, 5.74) is -0.727. The number of carboxylic acids is 1. The molecule has 3 rings (SSSR count). The summed E-state index contributed by atoms with van der Waals surface area (Å²) >= 11 is 1.44. The number of thiazole rings is 1. The van der Waals surface area contributed by atoms with E-state index >= 15 is 0 Å². The molecule has 1 aromatic rings. The number of fused-ring (bicyclic) bond motifs is 1. The van der Waals surface area contributed by atoms with Crippen LogP contribution in [0.2, 0.25) is 0 Å². The average Bonchev–Trinajstić information content (AvgIpc) is 3.13. The van der Waals surface area contributed by atoms with Crippen molar-refractivity contribution in [3.05, 3.63) is 16.6 Å². The van der Waals surface area contributed by atoms with E-state index in [4.69, 9.17) is 9.94 Å². The van der Waals surface area contributed by atoms with Gasteiger partial charge in [-0.3, -0.25) is 4.79 Å². The Labute approximate surface area is 125 Å². The molecule has 2 aliphatic rings. The molecule has 2 aliphatic heterocycles. The number of likely N-dealkylation sites (tertiary alicyclic amines) is 1. The van der Waals surface area contributed by atoms with E-state index in [1.54, 1.807) is 11.1 Å². The second-order valence-electron chi connectivity index (χ2n) is 5.70. The van der Waals surface area contributed by atoms with E-state index in [9.17, 15) is 9.59 Å². The molecule has 3 heterocycles. The van der Waals surface area contributed by atoms with Crippen LogP contribution in [0.1, 0.15) is 18.9 Å². The molecule has 2 atom stereocenters. The highest BCUT2D eigenvalue weighted by atomic mass is 32.1. The van der Waals surface area contributed by atoms with Crippen molar-refractivity contribution in [2.45, 2.75) is 25.4 Å². The molecule has 1 saturated heterocycles. The molecular weight excluding hydrogens is 294 g/mol. The number of aromatic nitrogens is 1. The van der Waals surface area contributed by atoms with E-state index in [2.05, 4.69) is 10.1 Å². The van der Waals surface area contributed by atoms with Crippen molar-refractivity contribution >= 4 is 28.9 Å². The van der Waals surface area contributed by atoms with Crippen LogP contribution in [0.5, 0.6) is 0 Å². The van der Waals surface area contributed by atoms with Crippen LogP contribution in [0.15, 0.2) is 16.7 Å². The minimum Gasteiger partial charge on any atom is -0.477 e. The Morgan fingerprint density at radius 1 is 1.48 bits per heavy atom. The van der Waals surface area contributed by atoms with Crippen LogP contribution in [0.25, 0.3) is 0 Å². The molecule has 0 spiro atoms. The quantitative estimate of drug-likeness (QED) is 0.888. The molecule has 0 aliphatic carbocycles. The van der Waals surface area contributed by atoms with Gasteiger partial charge in [-0.1, -0.05) is 5.16 Å². The highest BCUT2D eigenvalue weighted by Crippen LogP contribution is 2.33. The van der Waals surface area contributed by atoms with Crippen LogP contribution in [0.3, 0.4) is 0 Å². The summed E-state index contributed by atoms with van der Waals surface area (Å²) in [5.74, 6) is -1.50. The summed E-state index contributed by atoms with van der Waals surface area (Å²) in [6, 6.07) is 0. The molecule has 1 fully saturated rings. The number of hydrogen-bond acceptors (Lipinski definition) is 6. The molecule has 0 bridgehead atoms. The fourth-order valence-corrected chi connectivity index (χ4v) is 3.47. The van der Waals surface area contributed by atoms with Gasteiger partial charge in [0.25, 0.3) is 0 Å². The summed E-state index contributed by atoms with van der Waals surface area (Å²) < 4.78 is 0. The molecule has 0 radical (unpaired) electrons. The van der Waals surface area contributed by atoms with Gasteiger partial charge in [0.15, 0.2) is 11.8 Å². The van der Waals surface area contributed by atoms with Crippen molar-refractivity contribution in [1.29, 1.82) is 0 Å².